The molecular weight excluding hydrogens is 348 g/mol. The average Bonchev–Trinajstić information content (AvgIpc) is 3.07. The maximum Gasteiger partial charge on any atom is 0.153 e. The van der Waals surface area contributed by atoms with E-state index in [1.54, 1.807) is 17.5 Å². The number of hydrogen-bond donors (Lipinski definition) is 0. The number of nitrogens with zero attached hydrogens (tertiary/aromatic N) is 2. The molecule has 5 heteroatoms. The number of thiophene rings is 1. The van der Waals surface area contributed by atoms with Crippen LogP contribution in [-0.4, -0.2) is 16.1 Å². The largest absolute Gasteiger partial charge is 0.298 e. The minimum atomic E-state index is 0.614. The van der Waals surface area contributed by atoms with Gasteiger partial charge in [0.05, 0.1) is 12.1 Å². The molecule has 2 aromatic heterocycles. The number of carbonyl (C=O) groups excluding carboxylic acids is 1. The molecule has 0 unspecified atom stereocenters. The number of carbonyl (C=O) groups is 1. The fourth-order valence-electron chi connectivity index (χ4n) is 2.23. The summed E-state index contributed by atoms with van der Waals surface area (Å²) in [5.41, 5.74) is 4.73. The Morgan fingerprint density at radius 1 is 1.33 bits per heavy atom. The van der Waals surface area contributed by atoms with E-state index in [0.29, 0.717) is 12.1 Å². The zero-order valence-electron chi connectivity index (χ0n) is 11.4. The molecule has 3 aromatic rings. The van der Waals surface area contributed by atoms with Crippen molar-refractivity contribution in [3.8, 4) is 11.3 Å². The van der Waals surface area contributed by atoms with Crippen molar-refractivity contribution in [1.82, 2.24) is 9.78 Å². The van der Waals surface area contributed by atoms with E-state index in [4.69, 9.17) is 0 Å². The molecule has 3 rings (SSSR count). The van der Waals surface area contributed by atoms with E-state index in [9.17, 15) is 4.79 Å². The van der Waals surface area contributed by atoms with Crippen molar-refractivity contribution < 1.29 is 4.79 Å². The zero-order chi connectivity index (χ0) is 14.8. The average molecular weight is 361 g/mol. The van der Waals surface area contributed by atoms with Crippen LogP contribution in [0, 0.1) is 6.92 Å². The van der Waals surface area contributed by atoms with Gasteiger partial charge in [-0.1, -0.05) is 24.3 Å². The van der Waals surface area contributed by atoms with E-state index >= 15 is 0 Å². The predicted octanol–water partition coefficient (Wildman–Crippen LogP) is 4.54. The first kappa shape index (κ1) is 14.2. The van der Waals surface area contributed by atoms with Crippen molar-refractivity contribution in [2.45, 2.75) is 13.5 Å². The van der Waals surface area contributed by atoms with Crippen LogP contribution >= 0.6 is 27.3 Å². The van der Waals surface area contributed by atoms with Crippen LogP contribution in [0.2, 0.25) is 0 Å². The molecule has 3 nitrogen and oxygen atoms in total. The molecule has 0 fully saturated rings. The maximum absolute atomic E-state index is 11.3. The molecule has 0 spiro atoms. The summed E-state index contributed by atoms with van der Waals surface area (Å²) in [5, 5.41) is 8.57. The second-order valence-electron chi connectivity index (χ2n) is 4.81. The van der Waals surface area contributed by atoms with Crippen molar-refractivity contribution in [3.63, 3.8) is 0 Å². The Morgan fingerprint density at radius 2 is 2.14 bits per heavy atom. The van der Waals surface area contributed by atoms with Gasteiger partial charge in [0.1, 0.15) is 5.69 Å². The van der Waals surface area contributed by atoms with Crippen LogP contribution < -0.4 is 0 Å². The highest BCUT2D eigenvalue weighted by atomic mass is 79.9. The maximum atomic E-state index is 11.3. The third-order valence-electron chi connectivity index (χ3n) is 3.38. The number of halogens is 1. The number of aldehydes is 1. The van der Waals surface area contributed by atoms with E-state index in [-0.39, 0.29) is 0 Å². The van der Waals surface area contributed by atoms with Crippen molar-refractivity contribution in [3.05, 3.63) is 62.4 Å². The first-order valence-electron chi connectivity index (χ1n) is 6.48. The third kappa shape index (κ3) is 2.84. The first-order chi connectivity index (χ1) is 10.2. The highest BCUT2D eigenvalue weighted by molar-refractivity contribution is 9.10. The van der Waals surface area contributed by atoms with Crippen LogP contribution in [0.25, 0.3) is 11.3 Å². The Hall–Kier alpha value is -1.72. The third-order valence-corrected chi connectivity index (χ3v) is 5.08. The number of rotatable bonds is 4. The van der Waals surface area contributed by atoms with Crippen LogP contribution in [0.1, 0.15) is 21.5 Å². The molecule has 0 saturated heterocycles. The van der Waals surface area contributed by atoms with E-state index in [1.165, 1.54) is 11.1 Å². The minimum absolute atomic E-state index is 0.614. The van der Waals surface area contributed by atoms with Gasteiger partial charge in [0.15, 0.2) is 6.29 Å². The second-order valence-corrected chi connectivity index (χ2v) is 6.41. The molecule has 106 valence electrons. The van der Waals surface area contributed by atoms with Gasteiger partial charge >= 0.3 is 0 Å². The van der Waals surface area contributed by atoms with Gasteiger partial charge < -0.3 is 0 Å². The fraction of sp³-hybridized carbons (Fsp3) is 0.125. The number of benzene rings is 1. The van der Waals surface area contributed by atoms with Gasteiger partial charge in [0, 0.05) is 27.0 Å². The Bertz CT molecular complexity index is 791. The van der Waals surface area contributed by atoms with Crippen LogP contribution in [0.15, 0.2) is 45.7 Å². The standard InChI is InChI=1S/C16H13BrN2OS/c1-11-4-2-3-5-12(11)6-19-7-13(8-20)16(18-19)14-9-21-10-15(14)17/h2-5,7-10H,6H2,1H3. The fourth-order valence-corrected chi connectivity index (χ4v) is 3.69. The summed E-state index contributed by atoms with van der Waals surface area (Å²) in [6.45, 7) is 2.74. The summed E-state index contributed by atoms with van der Waals surface area (Å²) in [5.74, 6) is 0. The number of aromatic nitrogens is 2. The topological polar surface area (TPSA) is 34.9 Å². The van der Waals surface area contributed by atoms with E-state index < -0.39 is 0 Å². The van der Waals surface area contributed by atoms with E-state index in [0.717, 1.165) is 22.0 Å². The van der Waals surface area contributed by atoms with Crippen molar-refractivity contribution in [1.29, 1.82) is 0 Å². The monoisotopic (exact) mass is 360 g/mol. The Morgan fingerprint density at radius 3 is 2.81 bits per heavy atom. The highest BCUT2D eigenvalue weighted by Gasteiger charge is 2.14. The highest BCUT2D eigenvalue weighted by Crippen LogP contribution is 2.32. The molecule has 0 aliphatic carbocycles. The SMILES string of the molecule is Cc1ccccc1Cn1cc(C=O)c(-c2cscc2Br)n1. The van der Waals surface area contributed by atoms with E-state index in [1.807, 2.05) is 27.6 Å². The zero-order valence-corrected chi connectivity index (χ0v) is 13.8. The molecule has 0 aliphatic rings. The molecule has 0 amide bonds. The summed E-state index contributed by atoms with van der Waals surface area (Å²) in [6, 6.07) is 8.20. The smallest absolute Gasteiger partial charge is 0.153 e. The number of aryl methyl sites for hydroxylation is 1. The van der Waals surface area contributed by atoms with Gasteiger partial charge in [-0.3, -0.25) is 9.48 Å². The lowest BCUT2D eigenvalue weighted by molar-refractivity contribution is 0.112. The van der Waals surface area contributed by atoms with Crippen molar-refractivity contribution >= 4 is 33.6 Å². The van der Waals surface area contributed by atoms with Gasteiger partial charge in [-0.25, -0.2) is 0 Å². The summed E-state index contributed by atoms with van der Waals surface area (Å²) < 4.78 is 2.79. The van der Waals surface area contributed by atoms with Gasteiger partial charge in [0.25, 0.3) is 0 Å². The van der Waals surface area contributed by atoms with Crippen molar-refractivity contribution in [2.24, 2.45) is 0 Å². The van der Waals surface area contributed by atoms with Crippen LogP contribution in [-0.2, 0) is 6.54 Å². The first-order valence-corrected chi connectivity index (χ1v) is 8.22. The summed E-state index contributed by atoms with van der Waals surface area (Å²) >= 11 is 5.08. The van der Waals surface area contributed by atoms with Gasteiger partial charge in [-0.05, 0) is 34.0 Å². The van der Waals surface area contributed by atoms with Crippen LogP contribution in [0.5, 0.6) is 0 Å². The lowest BCUT2D eigenvalue weighted by atomic mass is 10.1. The molecule has 0 radical (unpaired) electrons. The number of hydrogen-bond acceptors (Lipinski definition) is 3. The Balaban J connectivity index is 1.99. The molecule has 0 N–H and O–H groups in total. The minimum Gasteiger partial charge on any atom is -0.298 e. The van der Waals surface area contributed by atoms with Crippen LogP contribution in [0.4, 0.5) is 0 Å². The molecule has 0 atom stereocenters. The van der Waals surface area contributed by atoms with Crippen molar-refractivity contribution in [2.75, 3.05) is 0 Å². The van der Waals surface area contributed by atoms with E-state index in [2.05, 4.69) is 40.1 Å². The Labute approximate surface area is 135 Å². The van der Waals surface area contributed by atoms with Crippen LogP contribution in [0.3, 0.4) is 0 Å². The molecule has 1 aromatic carbocycles. The molecule has 2 heterocycles. The summed E-state index contributed by atoms with van der Waals surface area (Å²) in [4.78, 5) is 11.3. The molecule has 21 heavy (non-hydrogen) atoms. The summed E-state index contributed by atoms with van der Waals surface area (Å²) in [6.07, 6.45) is 2.67. The molecule has 0 aliphatic heterocycles. The lowest BCUT2D eigenvalue weighted by Crippen LogP contribution is -2.02. The Kier molecular flexibility index (Phi) is 4.03. The van der Waals surface area contributed by atoms with Gasteiger partial charge in [-0.2, -0.15) is 16.4 Å². The quantitative estimate of drug-likeness (QED) is 0.640. The van der Waals surface area contributed by atoms with Gasteiger partial charge in [-0.15, -0.1) is 0 Å². The molecule has 0 bridgehead atoms. The second kappa shape index (κ2) is 5.95. The molecule has 0 saturated carbocycles. The molecular formula is C16H13BrN2OS. The summed E-state index contributed by atoms with van der Waals surface area (Å²) in [7, 11) is 0. The lowest BCUT2D eigenvalue weighted by Gasteiger charge is -2.05. The normalized spacial score (nSPS) is 10.8. The predicted molar refractivity (Wildman–Crippen MR) is 88.9 cm³/mol. The van der Waals surface area contributed by atoms with Gasteiger partial charge in [0.2, 0.25) is 0 Å².